The number of rotatable bonds is 4. The highest BCUT2D eigenvalue weighted by Crippen LogP contribution is 2.31. The molecule has 0 radical (unpaired) electrons. The number of aliphatic hydroxyl groups excluding tert-OH is 1. The van der Waals surface area contributed by atoms with Crippen molar-refractivity contribution in [1.82, 2.24) is 0 Å². The third-order valence-electron chi connectivity index (χ3n) is 4.72. The summed E-state index contributed by atoms with van der Waals surface area (Å²) < 4.78 is 11.0. The molecule has 3 N–H and O–H groups in total. The lowest BCUT2D eigenvalue weighted by molar-refractivity contribution is -0.706. The fourth-order valence-corrected chi connectivity index (χ4v) is 3.58. The molecule has 0 aromatic carbocycles. The Morgan fingerprint density at radius 1 is 1.11 bits per heavy atom. The Morgan fingerprint density at radius 3 is 2.56 bits per heavy atom. The molecule has 0 aromatic rings. The summed E-state index contributed by atoms with van der Waals surface area (Å²) in [6.07, 6.45) is 6.99. The van der Waals surface area contributed by atoms with E-state index in [9.17, 15) is 5.11 Å². The van der Waals surface area contributed by atoms with E-state index in [1.165, 1.54) is 13.0 Å². The number of piperidine rings is 1. The first-order chi connectivity index (χ1) is 8.74. The fraction of sp³-hybridized carbons (Fsp3) is 1.00. The van der Waals surface area contributed by atoms with Gasteiger partial charge in [0.05, 0.1) is 18.8 Å². The van der Waals surface area contributed by atoms with Crippen molar-refractivity contribution in [3.8, 4) is 0 Å². The van der Waals surface area contributed by atoms with Crippen molar-refractivity contribution in [2.75, 3.05) is 20.8 Å². The predicted molar refractivity (Wildman–Crippen MR) is 69.4 cm³/mol. The molecular formula is C14H28NO3+. The van der Waals surface area contributed by atoms with E-state index in [4.69, 9.17) is 9.47 Å². The van der Waals surface area contributed by atoms with E-state index in [1.54, 1.807) is 14.2 Å². The molecule has 0 aromatic heterocycles. The van der Waals surface area contributed by atoms with Gasteiger partial charge in [0.2, 0.25) is 0 Å². The van der Waals surface area contributed by atoms with Crippen LogP contribution in [0.4, 0.5) is 0 Å². The average Bonchev–Trinajstić information content (AvgIpc) is 2.41. The monoisotopic (exact) mass is 258 g/mol. The van der Waals surface area contributed by atoms with E-state index in [1.807, 2.05) is 0 Å². The molecule has 1 saturated carbocycles. The van der Waals surface area contributed by atoms with Gasteiger partial charge in [-0.05, 0) is 38.0 Å². The molecule has 4 nitrogen and oxygen atoms in total. The Bertz CT molecular complexity index is 249. The van der Waals surface area contributed by atoms with Gasteiger partial charge in [0.1, 0.15) is 12.1 Å². The highest BCUT2D eigenvalue weighted by Gasteiger charge is 2.35. The molecular weight excluding hydrogens is 230 g/mol. The van der Waals surface area contributed by atoms with E-state index < -0.39 is 0 Å². The van der Waals surface area contributed by atoms with Crippen molar-refractivity contribution in [1.29, 1.82) is 0 Å². The Kier molecular flexibility index (Phi) is 5.42. The third kappa shape index (κ3) is 3.44. The molecule has 1 aliphatic heterocycles. The summed E-state index contributed by atoms with van der Waals surface area (Å²) in [5, 5.41) is 12.4. The number of aliphatic hydroxyl groups is 1. The van der Waals surface area contributed by atoms with E-state index in [0.717, 1.165) is 32.1 Å². The van der Waals surface area contributed by atoms with Gasteiger partial charge in [0.25, 0.3) is 0 Å². The maximum atomic E-state index is 10.0. The van der Waals surface area contributed by atoms with Crippen molar-refractivity contribution in [3.05, 3.63) is 0 Å². The van der Waals surface area contributed by atoms with Crippen LogP contribution in [0.3, 0.4) is 0 Å². The molecule has 0 bridgehead atoms. The van der Waals surface area contributed by atoms with Crippen LogP contribution in [0.5, 0.6) is 0 Å². The fourth-order valence-electron chi connectivity index (χ4n) is 3.58. The molecule has 2 rings (SSSR count). The summed E-state index contributed by atoms with van der Waals surface area (Å²) >= 11 is 0. The van der Waals surface area contributed by atoms with Gasteiger partial charge in [-0.2, -0.15) is 0 Å². The maximum Gasteiger partial charge on any atom is 0.112 e. The Hall–Kier alpha value is -0.160. The van der Waals surface area contributed by atoms with E-state index in [2.05, 4.69) is 5.32 Å². The summed E-state index contributed by atoms with van der Waals surface area (Å²) in [6.45, 7) is 1.17. The molecule has 1 saturated heterocycles. The first kappa shape index (κ1) is 14.3. The van der Waals surface area contributed by atoms with Gasteiger partial charge in [0, 0.05) is 20.6 Å². The van der Waals surface area contributed by atoms with Gasteiger partial charge >= 0.3 is 0 Å². The lowest BCUT2D eigenvalue weighted by Crippen LogP contribution is -2.94. The second-order valence-corrected chi connectivity index (χ2v) is 5.86. The number of hydrogen-bond donors (Lipinski definition) is 2. The molecule has 18 heavy (non-hydrogen) atoms. The molecule has 4 heteroatoms. The van der Waals surface area contributed by atoms with Gasteiger partial charge < -0.3 is 19.9 Å². The predicted octanol–water partition coefficient (Wildman–Crippen LogP) is 0.293. The number of methoxy groups -OCH3 is 2. The first-order valence-electron chi connectivity index (χ1n) is 7.31. The summed E-state index contributed by atoms with van der Waals surface area (Å²) in [7, 11) is 3.55. The number of ether oxygens (including phenoxy) is 2. The summed E-state index contributed by atoms with van der Waals surface area (Å²) in [6, 6.07) is 0.403. The lowest BCUT2D eigenvalue weighted by atomic mass is 9.80. The van der Waals surface area contributed by atoms with Crippen LogP contribution in [0.25, 0.3) is 0 Å². The Morgan fingerprint density at radius 2 is 1.89 bits per heavy atom. The zero-order valence-corrected chi connectivity index (χ0v) is 11.7. The van der Waals surface area contributed by atoms with Crippen molar-refractivity contribution >= 4 is 0 Å². The van der Waals surface area contributed by atoms with Gasteiger partial charge in [0.15, 0.2) is 0 Å². The molecule has 1 aliphatic carbocycles. The topological polar surface area (TPSA) is 55.3 Å². The minimum Gasteiger partial charge on any atom is -0.387 e. The van der Waals surface area contributed by atoms with Crippen LogP contribution in [-0.4, -0.2) is 50.2 Å². The second kappa shape index (κ2) is 6.85. The average molecular weight is 258 g/mol. The summed E-state index contributed by atoms with van der Waals surface area (Å²) in [5.41, 5.74) is 0. The summed E-state index contributed by atoms with van der Waals surface area (Å²) in [5.74, 6) is 0.676. The van der Waals surface area contributed by atoms with Crippen molar-refractivity contribution in [3.63, 3.8) is 0 Å². The smallest absolute Gasteiger partial charge is 0.112 e. The van der Waals surface area contributed by atoms with E-state index in [-0.39, 0.29) is 18.3 Å². The number of nitrogens with two attached hydrogens (primary N) is 1. The van der Waals surface area contributed by atoms with E-state index >= 15 is 0 Å². The van der Waals surface area contributed by atoms with Crippen LogP contribution < -0.4 is 5.32 Å². The molecule has 5 atom stereocenters. The lowest BCUT2D eigenvalue weighted by Gasteiger charge is -2.36. The van der Waals surface area contributed by atoms with Gasteiger partial charge in [-0.1, -0.05) is 0 Å². The normalized spacial score (nSPS) is 41.8. The highest BCUT2D eigenvalue weighted by atomic mass is 16.5. The Balaban J connectivity index is 1.83. The highest BCUT2D eigenvalue weighted by molar-refractivity contribution is 4.84. The van der Waals surface area contributed by atoms with Gasteiger partial charge in [-0.3, -0.25) is 0 Å². The van der Waals surface area contributed by atoms with Crippen LogP contribution in [0.15, 0.2) is 0 Å². The van der Waals surface area contributed by atoms with Crippen LogP contribution in [0, 0.1) is 5.92 Å². The second-order valence-electron chi connectivity index (χ2n) is 5.86. The molecule has 2 fully saturated rings. The van der Waals surface area contributed by atoms with Crippen molar-refractivity contribution in [2.24, 2.45) is 5.92 Å². The molecule has 1 heterocycles. The maximum absolute atomic E-state index is 10.0. The van der Waals surface area contributed by atoms with Crippen LogP contribution >= 0.6 is 0 Å². The molecule has 0 amide bonds. The minimum atomic E-state index is -0.111. The van der Waals surface area contributed by atoms with Crippen molar-refractivity contribution in [2.45, 2.75) is 62.9 Å². The quantitative estimate of drug-likeness (QED) is 0.762. The minimum absolute atomic E-state index is 0.111. The number of hydrogen-bond acceptors (Lipinski definition) is 3. The largest absolute Gasteiger partial charge is 0.387 e. The molecule has 0 spiro atoms. The summed E-state index contributed by atoms with van der Waals surface area (Å²) in [4.78, 5) is 0. The molecule has 5 unspecified atom stereocenters. The van der Waals surface area contributed by atoms with Crippen LogP contribution in [0.1, 0.15) is 38.5 Å². The zero-order valence-electron chi connectivity index (χ0n) is 11.7. The van der Waals surface area contributed by atoms with Crippen LogP contribution in [0.2, 0.25) is 0 Å². The first-order valence-corrected chi connectivity index (χ1v) is 7.31. The zero-order chi connectivity index (χ0) is 13.0. The Labute approximate surface area is 110 Å². The van der Waals surface area contributed by atoms with Gasteiger partial charge in [-0.15, -0.1) is 0 Å². The molecule has 106 valence electrons. The van der Waals surface area contributed by atoms with Gasteiger partial charge in [-0.25, -0.2) is 0 Å². The standard InChI is InChI=1S/C14H27NO3/c1-17-13-6-5-10(9-14(13)18-2)8-11-12(16)4-3-7-15-11/h10-16H,3-9H2,1-2H3/p+1. The van der Waals surface area contributed by atoms with E-state index in [0.29, 0.717) is 12.0 Å². The third-order valence-corrected chi connectivity index (χ3v) is 4.72. The van der Waals surface area contributed by atoms with Crippen molar-refractivity contribution < 1.29 is 19.9 Å². The van der Waals surface area contributed by atoms with Crippen LogP contribution in [-0.2, 0) is 9.47 Å². The SMILES string of the molecule is COC1CCC(CC2[NH2+]CCCC2O)CC1OC. The number of quaternary nitrogens is 1. The molecule has 2 aliphatic rings.